The van der Waals surface area contributed by atoms with Crippen LogP contribution in [0, 0.1) is 10.1 Å². The van der Waals surface area contributed by atoms with Crippen LogP contribution in [0.1, 0.15) is 15.9 Å². The number of benzene rings is 2. The summed E-state index contributed by atoms with van der Waals surface area (Å²) in [6.07, 6.45) is 2.52. The Labute approximate surface area is 130 Å². The predicted molar refractivity (Wildman–Crippen MR) is 81.2 cm³/mol. The van der Waals surface area contributed by atoms with Gasteiger partial charge in [0.1, 0.15) is 11.3 Å². The van der Waals surface area contributed by atoms with Crippen LogP contribution in [0.25, 0.3) is 6.08 Å². The minimum atomic E-state index is -1.20. The number of non-ortho nitro benzene ring substituents is 1. The summed E-state index contributed by atoms with van der Waals surface area (Å²) < 4.78 is 4.98. The number of hydrogen-bond donors (Lipinski definition) is 1. The van der Waals surface area contributed by atoms with Crippen LogP contribution in [0.5, 0.6) is 5.75 Å². The van der Waals surface area contributed by atoms with E-state index in [0.29, 0.717) is 5.56 Å². The second kappa shape index (κ2) is 6.99. The smallest absolute Gasteiger partial charge is 0.339 e. The Hall–Kier alpha value is -3.48. The van der Waals surface area contributed by atoms with E-state index in [1.165, 1.54) is 48.5 Å². The standard InChI is InChI=1S/C16H11NO6/c18-15(23-14-4-2-1-3-13(14)16(19)20)10-7-11-5-8-12(9-6-11)17(21)22/h1-10H,(H,19,20)/b10-7+. The molecule has 2 aromatic rings. The van der Waals surface area contributed by atoms with Crippen molar-refractivity contribution in [2.75, 3.05) is 0 Å². The molecule has 2 rings (SSSR count). The molecule has 0 amide bonds. The van der Waals surface area contributed by atoms with Crippen LogP contribution in [0.2, 0.25) is 0 Å². The van der Waals surface area contributed by atoms with Crippen molar-refractivity contribution >= 4 is 23.7 Å². The van der Waals surface area contributed by atoms with Crippen LogP contribution in [-0.4, -0.2) is 22.0 Å². The molecule has 116 valence electrons. The highest BCUT2D eigenvalue weighted by molar-refractivity contribution is 5.94. The van der Waals surface area contributed by atoms with Gasteiger partial charge >= 0.3 is 11.9 Å². The summed E-state index contributed by atoms with van der Waals surface area (Å²) in [5.41, 5.74) is 0.392. The molecule has 0 heterocycles. The minimum Gasteiger partial charge on any atom is -0.478 e. The second-order valence-corrected chi connectivity index (χ2v) is 4.40. The first-order valence-corrected chi connectivity index (χ1v) is 6.44. The molecule has 7 heteroatoms. The van der Waals surface area contributed by atoms with Crippen LogP contribution in [0.3, 0.4) is 0 Å². The zero-order valence-electron chi connectivity index (χ0n) is 11.7. The predicted octanol–water partition coefficient (Wildman–Crippen LogP) is 2.91. The number of nitro groups is 1. The van der Waals surface area contributed by atoms with E-state index in [9.17, 15) is 19.7 Å². The summed E-state index contributed by atoms with van der Waals surface area (Å²) in [6, 6.07) is 11.4. The zero-order valence-corrected chi connectivity index (χ0v) is 11.7. The van der Waals surface area contributed by atoms with Crippen molar-refractivity contribution in [1.29, 1.82) is 0 Å². The van der Waals surface area contributed by atoms with Crippen molar-refractivity contribution in [2.24, 2.45) is 0 Å². The molecule has 0 saturated heterocycles. The number of carboxylic acid groups (broad SMARTS) is 1. The number of aromatic carboxylic acids is 1. The molecule has 0 spiro atoms. The number of hydrogen-bond acceptors (Lipinski definition) is 5. The van der Waals surface area contributed by atoms with Gasteiger partial charge in [0, 0.05) is 18.2 Å². The molecule has 0 unspecified atom stereocenters. The minimum absolute atomic E-state index is 0.0555. The number of esters is 1. The number of nitro benzene ring substituents is 1. The third-order valence-corrected chi connectivity index (χ3v) is 2.84. The largest absolute Gasteiger partial charge is 0.478 e. The van der Waals surface area contributed by atoms with Gasteiger partial charge in [0.2, 0.25) is 0 Å². The molecule has 23 heavy (non-hydrogen) atoms. The topological polar surface area (TPSA) is 107 Å². The molecular weight excluding hydrogens is 302 g/mol. The third kappa shape index (κ3) is 4.24. The highest BCUT2D eigenvalue weighted by Gasteiger charge is 2.12. The number of carbonyl (C=O) groups excluding carboxylic acids is 1. The Morgan fingerprint density at radius 1 is 1.09 bits per heavy atom. The molecule has 0 radical (unpaired) electrons. The number of rotatable bonds is 5. The first kappa shape index (κ1) is 15.9. The Bertz CT molecular complexity index is 779. The van der Waals surface area contributed by atoms with Crippen LogP contribution in [0.15, 0.2) is 54.6 Å². The molecular formula is C16H11NO6. The first-order valence-electron chi connectivity index (χ1n) is 6.44. The van der Waals surface area contributed by atoms with E-state index < -0.39 is 16.9 Å². The molecule has 0 atom stereocenters. The van der Waals surface area contributed by atoms with Gasteiger partial charge < -0.3 is 9.84 Å². The van der Waals surface area contributed by atoms with Crippen molar-refractivity contribution in [1.82, 2.24) is 0 Å². The van der Waals surface area contributed by atoms with Crippen molar-refractivity contribution in [3.8, 4) is 5.75 Å². The summed E-state index contributed by atoms with van der Waals surface area (Å²) in [5, 5.41) is 19.5. The molecule has 0 fully saturated rings. The maximum absolute atomic E-state index is 11.7. The molecule has 1 N–H and O–H groups in total. The molecule has 0 aliphatic carbocycles. The number of para-hydroxylation sites is 1. The Morgan fingerprint density at radius 2 is 1.74 bits per heavy atom. The Balaban J connectivity index is 2.07. The zero-order chi connectivity index (χ0) is 16.8. The molecule has 0 aliphatic rings. The van der Waals surface area contributed by atoms with Gasteiger partial charge in [-0.15, -0.1) is 0 Å². The van der Waals surface area contributed by atoms with Gasteiger partial charge in [-0.2, -0.15) is 0 Å². The van der Waals surface area contributed by atoms with Crippen molar-refractivity contribution in [3.63, 3.8) is 0 Å². The summed E-state index contributed by atoms with van der Waals surface area (Å²) >= 11 is 0. The lowest BCUT2D eigenvalue weighted by atomic mass is 10.2. The average Bonchev–Trinajstić information content (AvgIpc) is 2.53. The van der Waals surface area contributed by atoms with Crippen molar-refractivity contribution in [3.05, 3.63) is 75.8 Å². The quantitative estimate of drug-likeness (QED) is 0.299. The van der Waals surface area contributed by atoms with E-state index in [0.717, 1.165) is 6.08 Å². The van der Waals surface area contributed by atoms with Gasteiger partial charge in [0.15, 0.2) is 0 Å². The highest BCUT2D eigenvalue weighted by atomic mass is 16.6. The molecule has 7 nitrogen and oxygen atoms in total. The Morgan fingerprint density at radius 3 is 2.35 bits per heavy atom. The van der Waals surface area contributed by atoms with E-state index in [2.05, 4.69) is 0 Å². The maximum atomic E-state index is 11.7. The van der Waals surface area contributed by atoms with Crippen LogP contribution in [0.4, 0.5) is 5.69 Å². The van der Waals surface area contributed by atoms with Gasteiger partial charge in [0.05, 0.1) is 4.92 Å². The fourth-order valence-corrected chi connectivity index (χ4v) is 1.75. The number of nitrogens with zero attached hydrogens (tertiary/aromatic N) is 1. The van der Waals surface area contributed by atoms with E-state index in [1.54, 1.807) is 6.07 Å². The average molecular weight is 313 g/mol. The normalized spacial score (nSPS) is 10.4. The summed E-state index contributed by atoms with van der Waals surface area (Å²) in [6.45, 7) is 0. The van der Waals surface area contributed by atoms with E-state index >= 15 is 0 Å². The van der Waals surface area contributed by atoms with Crippen LogP contribution < -0.4 is 4.74 Å². The summed E-state index contributed by atoms with van der Waals surface area (Å²) in [7, 11) is 0. The molecule has 2 aromatic carbocycles. The number of carboxylic acids is 1. The van der Waals surface area contributed by atoms with E-state index in [4.69, 9.17) is 9.84 Å². The maximum Gasteiger partial charge on any atom is 0.339 e. The van der Waals surface area contributed by atoms with Crippen LogP contribution in [-0.2, 0) is 4.79 Å². The summed E-state index contributed by atoms with van der Waals surface area (Å²) in [5.74, 6) is -2.01. The monoisotopic (exact) mass is 313 g/mol. The van der Waals surface area contributed by atoms with Gasteiger partial charge in [-0.25, -0.2) is 9.59 Å². The highest BCUT2D eigenvalue weighted by Crippen LogP contribution is 2.18. The molecule has 0 bridgehead atoms. The van der Waals surface area contributed by atoms with Gasteiger partial charge in [-0.05, 0) is 35.9 Å². The van der Waals surface area contributed by atoms with Gasteiger partial charge in [-0.3, -0.25) is 10.1 Å². The number of ether oxygens (including phenoxy) is 1. The Kier molecular flexibility index (Phi) is 4.83. The molecule has 0 aromatic heterocycles. The van der Waals surface area contributed by atoms with E-state index in [-0.39, 0.29) is 17.0 Å². The van der Waals surface area contributed by atoms with Crippen molar-refractivity contribution in [2.45, 2.75) is 0 Å². The molecule has 0 saturated carbocycles. The third-order valence-electron chi connectivity index (χ3n) is 2.84. The van der Waals surface area contributed by atoms with Crippen LogP contribution >= 0.6 is 0 Å². The fourth-order valence-electron chi connectivity index (χ4n) is 1.75. The summed E-state index contributed by atoms with van der Waals surface area (Å²) in [4.78, 5) is 32.7. The lowest BCUT2D eigenvalue weighted by Gasteiger charge is -2.04. The SMILES string of the molecule is O=C(/C=C/c1ccc([N+](=O)[O-])cc1)Oc1ccccc1C(=O)O. The lowest BCUT2D eigenvalue weighted by molar-refractivity contribution is -0.384. The van der Waals surface area contributed by atoms with Gasteiger partial charge in [-0.1, -0.05) is 12.1 Å². The van der Waals surface area contributed by atoms with Crippen molar-refractivity contribution < 1.29 is 24.4 Å². The molecule has 0 aliphatic heterocycles. The lowest BCUT2D eigenvalue weighted by Crippen LogP contribution is -2.08. The second-order valence-electron chi connectivity index (χ2n) is 4.40. The van der Waals surface area contributed by atoms with Gasteiger partial charge in [0.25, 0.3) is 5.69 Å². The number of carbonyl (C=O) groups is 2. The first-order chi connectivity index (χ1) is 11.0. The van der Waals surface area contributed by atoms with E-state index in [1.807, 2.05) is 0 Å². The fraction of sp³-hybridized carbons (Fsp3) is 0.